The molecule has 0 radical (unpaired) electrons. The third-order valence-electron chi connectivity index (χ3n) is 4.81. The van der Waals surface area contributed by atoms with Crippen LogP contribution >= 0.6 is 0 Å². The molecule has 0 aliphatic carbocycles. The van der Waals surface area contributed by atoms with E-state index in [1.165, 1.54) is 44.6 Å². The Kier molecular flexibility index (Phi) is 7.85. The molecule has 3 rings (SSSR count). The molecule has 1 unspecified atom stereocenters. The van der Waals surface area contributed by atoms with Crippen molar-refractivity contribution < 1.29 is 32.2 Å². The first kappa shape index (κ1) is 24.7. The first-order chi connectivity index (χ1) is 16.2. The van der Waals surface area contributed by atoms with Gasteiger partial charge in [-0.1, -0.05) is 6.07 Å². The summed E-state index contributed by atoms with van der Waals surface area (Å²) < 4.78 is 49.3. The first-order valence-electron chi connectivity index (χ1n) is 10.2. The Morgan fingerprint density at radius 1 is 0.824 bits per heavy atom. The first-order valence-corrected chi connectivity index (χ1v) is 11.7. The van der Waals surface area contributed by atoms with E-state index in [2.05, 4.69) is 10.0 Å². The number of methoxy groups -OCH3 is 3. The Bertz CT molecular complexity index is 1240. The lowest BCUT2D eigenvalue weighted by Crippen LogP contribution is -2.30. The van der Waals surface area contributed by atoms with E-state index in [0.717, 1.165) is 0 Å². The van der Waals surface area contributed by atoms with E-state index < -0.39 is 22.0 Å². The van der Waals surface area contributed by atoms with Gasteiger partial charge in [0.25, 0.3) is 15.9 Å². The van der Waals surface area contributed by atoms with Crippen LogP contribution in [-0.4, -0.2) is 41.8 Å². The minimum Gasteiger partial charge on any atom is -0.497 e. The molecule has 2 N–H and O–H groups in total. The summed E-state index contributed by atoms with van der Waals surface area (Å²) in [5, 5.41) is 2.71. The standard InChI is InChI=1S/C24H26N2O7S/c1-16(33-20-7-5-6-18(14-20)30-2)24(27)25-17-8-11-21(12-9-17)34(28,29)26-22-15-19(31-3)10-13-23(22)32-4/h5-16,26H,1-4H3,(H,25,27). The molecule has 10 heteroatoms. The fourth-order valence-corrected chi connectivity index (χ4v) is 4.05. The molecule has 9 nitrogen and oxygen atoms in total. The van der Waals surface area contributed by atoms with Crippen molar-refractivity contribution in [1.29, 1.82) is 0 Å². The number of amides is 1. The van der Waals surface area contributed by atoms with E-state index in [1.54, 1.807) is 50.4 Å². The molecule has 0 fully saturated rings. The maximum atomic E-state index is 12.8. The quantitative estimate of drug-likeness (QED) is 0.447. The zero-order valence-electron chi connectivity index (χ0n) is 19.2. The second kappa shape index (κ2) is 10.8. The monoisotopic (exact) mass is 486 g/mol. The number of benzene rings is 3. The van der Waals surface area contributed by atoms with Gasteiger partial charge in [-0.3, -0.25) is 9.52 Å². The highest BCUT2D eigenvalue weighted by atomic mass is 32.2. The molecular formula is C24H26N2O7S. The van der Waals surface area contributed by atoms with E-state index in [9.17, 15) is 13.2 Å². The van der Waals surface area contributed by atoms with Crippen LogP contribution < -0.4 is 29.0 Å². The van der Waals surface area contributed by atoms with Crippen molar-refractivity contribution in [2.75, 3.05) is 31.4 Å². The lowest BCUT2D eigenvalue weighted by Gasteiger charge is -2.16. The van der Waals surface area contributed by atoms with Gasteiger partial charge in [-0.2, -0.15) is 0 Å². The van der Waals surface area contributed by atoms with Gasteiger partial charge >= 0.3 is 0 Å². The molecule has 1 atom stereocenters. The smallest absolute Gasteiger partial charge is 0.265 e. The Morgan fingerprint density at radius 3 is 2.12 bits per heavy atom. The van der Waals surface area contributed by atoms with Crippen LogP contribution in [0.4, 0.5) is 11.4 Å². The van der Waals surface area contributed by atoms with Crippen molar-refractivity contribution in [1.82, 2.24) is 0 Å². The predicted molar refractivity (Wildman–Crippen MR) is 129 cm³/mol. The van der Waals surface area contributed by atoms with Crippen molar-refractivity contribution >= 4 is 27.3 Å². The highest BCUT2D eigenvalue weighted by Crippen LogP contribution is 2.31. The molecule has 0 spiro atoms. The molecule has 0 saturated carbocycles. The zero-order chi connectivity index (χ0) is 24.7. The molecule has 0 heterocycles. The van der Waals surface area contributed by atoms with Crippen LogP contribution in [0.3, 0.4) is 0 Å². The molecule has 180 valence electrons. The predicted octanol–water partition coefficient (Wildman–Crippen LogP) is 3.92. The Labute approximate surface area is 198 Å². The highest BCUT2D eigenvalue weighted by molar-refractivity contribution is 7.92. The average Bonchev–Trinajstić information content (AvgIpc) is 2.84. The van der Waals surface area contributed by atoms with Crippen molar-refractivity contribution in [3.8, 4) is 23.0 Å². The number of ether oxygens (including phenoxy) is 4. The Balaban J connectivity index is 1.67. The fourth-order valence-electron chi connectivity index (χ4n) is 2.99. The summed E-state index contributed by atoms with van der Waals surface area (Å²) >= 11 is 0. The van der Waals surface area contributed by atoms with Gasteiger partial charge in [0.1, 0.15) is 23.0 Å². The van der Waals surface area contributed by atoms with E-state index in [1.807, 2.05) is 0 Å². The molecule has 0 aliphatic heterocycles. The average molecular weight is 487 g/mol. The maximum absolute atomic E-state index is 12.8. The summed E-state index contributed by atoms with van der Waals surface area (Å²) in [5.41, 5.74) is 0.659. The van der Waals surface area contributed by atoms with Crippen LogP contribution in [0.1, 0.15) is 6.92 Å². The number of hydrogen-bond acceptors (Lipinski definition) is 7. The van der Waals surface area contributed by atoms with Crippen molar-refractivity contribution in [3.63, 3.8) is 0 Å². The fraction of sp³-hybridized carbons (Fsp3) is 0.208. The Morgan fingerprint density at radius 2 is 1.47 bits per heavy atom. The molecule has 0 saturated heterocycles. The molecule has 3 aromatic carbocycles. The van der Waals surface area contributed by atoms with Crippen LogP contribution in [0.5, 0.6) is 23.0 Å². The third-order valence-corrected chi connectivity index (χ3v) is 6.19. The van der Waals surface area contributed by atoms with Gasteiger partial charge in [0.15, 0.2) is 6.10 Å². The third kappa shape index (κ3) is 6.10. The van der Waals surface area contributed by atoms with Crippen LogP contribution in [0.15, 0.2) is 71.6 Å². The van der Waals surface area contributed by atoms with Gasteiger partial charge in [0.2, 0.25) is 0 Å². The summed E-state index contributed by atoms with van der Waals surface area (Å²) in [6.07, 6.45) is -0.794. The van der Waals surface area contributed by atoms with E-state index in [-0.39, 0.29) is 10.6 Å². The number of nitrogens with one attached hydrogen (secondary N) is 2. The summed E-state index contributed by atoms with van der Waals surface area (Å²) in [7, 11) is 0.551. The minimum absolute atomic E-state index is 0.0102. The zero-order valence-corrected chi connectivity index (χ0v) is 20.0. The van der Waals surface area contributed by atoms with Crippen LogP contribution in [0.25, 0.3) is 0 Å². The topological polar surface area (TPSA) is 112 Å². The molecule has 0 bridgehead atoms. The van der Waals surface area contributed by atoms with Gasteiger partial charge in [-0.25, -0.2) is 8.42 Å². The van der Waals surface area contributed by atoms with Crippen molar-refractivity contribution in [3.05, 3.63) is 66.7 Å². The summed E-state index contributed by atoms with van der Waals surface area (Å²) in [6.45, 7) is 1.61. The number of carbonyl (C=O) groups excluding carboxylic acids is 1. The lowest BCUT2D eigenvalue weighted by atomic mass is 10.3. The molecule has 3 aromatic rings. The molecule has 0 aliphatic rings. The number of carbonyl (C=O) groups is 1. The second-order valence-corrected chi connectivity index (χ2v) is 8.81. The van der Waals surface area contributed by atoms with Crippen molar-refractivity contribution in [2.45, 2.75) is 17.9 Å². The summed E-state index contributed by atoms with van der Waals surface area (Å²) in [5.74, 6) is 1.53. The van der Waals surface area contributed by atoms with E-state index in [4.69, 9.17) is 18.9 Å². The molecule has 1 amide bonds. The summed E-state index contributed by atoms with van der Waals surface area (Å²) in [4.78, 5) is 12.5. The maximum Gasteiger partial charge on any atom is 0.265 e. The van der Waals surface area contributed by atoms with Gasteiger partial charge in [0, 0.05) is 17.8 Å². The number of rotatable bonds is 10. The minimum atomic E-state index is -3.91. The van der Waals surface area contributed by atoms with Crippen LogP contribution in [0, 0.1) is 0 Å². The normalized spacial score (nSPS) is 11.8. The highest BCUT2D eigenvalue weighted by Gasteiger charge is 2.19. The van der Waals surface area contributed by atoms with E-state index in [0.29, 0.717) is 28.7 Å². The SMILES string of the molecule is COc1cccc(OC(C)C(=O)Nc2ccc(S(=O)(=O)Nc3cc(OC)ccc3OC)cc2)c1. The lowest BCUT2D eigenvalue weighted by molar-refractivity contribution is -0.122. The van der Waals surface area contributed by atoms with Crippen LogP contribution in [0.2, 0.25) is 0 Å². The molecule has 0 aromatic heterocycles. The largest absolute Gasteiger partial charge is 0.497 e. The van der Waals surface area contributed by atoms with Gasteiger partial charge < -0.3 is 24.3 Å². The number of sulfonamides is 1. The number of anilines is 2. The van der Waals surface area contributed by atoms with Gasteiger partial charge in [-0.05, 0) is 55.5 Å². The molecule has 34 heavy (non-hydrogen) atoms. The van der Waals surface area contributed by atoms with Crippen molar-refractivity contribution in [2.24, 2.45) is 0 Å². The van der Waals surface area contributed by atoms with Crippen LogP contribution in [-0.2, 0) is 14.8 Å². The van der Waals surface area contributed by atoms with Gasteiger partial charge in [0.05, 0.1) is 31.9 Å². The molecular weight excluding hydrogens is 460 g/mol. The van der Waals surface area contributed by atoms with E-state index >= 15 is 0 Å². The van der Waals surface area contributed by atoms with Gasteiger partial charge in [-0.15, -0.1) is 0 Å². The summed E-state index contributed by atoms with van der Waals surface area (Å²) in [6, 6.07) is 17.5. The second-order valence-electron chi connectivity index (χ2n) is 7.12. The number of hydrogen-bond donors (Lipinski definition) is 2. The Hall–Kier alpha value is -3.92.